The fourth-order valence-corrected chi connectivity index (χ4v) is 2.27. The van der Waals surface area contributed by atoms with Crippen LogP contribution in [0.25, 0.3) is 0 Å². The predicted molar refractivity (Wildman–Crippen MR) is 86.9 cm³/mol. The maximum absolute atomic E-state index is 5.93. The van der Waals surface area contributed by atoms with Crippen LogP contribution >= 0.6 is 11.6 Å². The van der Waals surface area contributed by atoms with Gasteiger partial charge in [0.15, 0.2) is 0 Å². The van der Waals surface area contributed by atoms with Crippen molar-refractivity contribution in [1.29, 1.82) is 0 Å². The van der Waals surface area contributed by atoms with Gasteiger partial charge in [-0.2, -0.15) is 5.10 Å². The van der Waals surface area contributed by atoms with E-state index in [4.69, 9.17) is 17.3 Å². The quantitative estimate of drug-likeness (QED) is 0.718. The molecule has 3 aromatic rings. The fourth-order valence-electron chi connectivity index (χ4n) is 2.09. The fraction of sp³-hybridized carbons (Fsp3) is 0.0625. The van der Waals surface area contributed by atoms with E-state index in [1.807, 2.05) is 35.1 Å². The highest BCUT2D eigenvalue weighted by Crippen LogP contribution is 2.25. The molecule has 0 aliphatic rings. The summed E-state index contributed by atoms with van der Waals surface area (Å²) in [5.74, 6) is 0. The number of aromatic nitrogens is 2. The van der Waals surface area contributed by atoms with Gasteiger partial charge in [0.25, 0.3) is 0 Å². The zero-order valence-corrected chi connectivity index (χ0v) is 12.1. The van der Waals surface area contributed by atoms with E-state index in [9.17, 15) is 0 Å². The van der Waals surface area contributed by atoms with Gasteiger partial charge >= 0.3 is 0 Å². The van der Waals surface area contributed by atoms with Gasteiger partial charge in [0.2, 0.25) is 0 Å². The van der Waals surface area contributed by atoms with Crippen molar-refractivity contribution in [2.45, 2.75) is 6.54 Å². The normalized spacial score (nSPS) is 10.5. The lowest BCUT2D eigenvalue weighted by molar-refractivity contribution is 0.687. The molecule has 0 amide bonds. The van der Waals surface area contributed by atoms with Gasteiger partial charge in [-0.25, -0.2) is 0 Å². The second kappa shape index (κ2) is 5.89. The van der Waals surface area contributed by atoms with Crippen molar-refractivity contribution < 1.29 is 0 Å². The predicted octanol–water partition coefficient (Wildman–Crippen LogP) is 3.91. The Hall–Kier alpha value is -2.46. The molecule has 0 saturated heterocycles. The minimum absolute atomic E-state index is 0.610. The van der Waals surface area contributed by atoms with E-state index in [1.54, 1.807) is 18.3 Å². The van der Waals surface area contributed by atoms with Gasteiger partial charge < -0.3 is 11.1 Å². The molecule has 1 aromatic heterocycles. The topological polar surface area (TPSA) is 55.9 Å². The molecular formula is C16H15ClN4. The van der Waals surface area contributed by atoms with Gasteiger partial charge in [-0.05, 0) is 23.8 Å². The lowest BCUT2D eigenvalue weighted by Gasteiger charge is -2.07. The second-order valence-electron chi connectivity index (χ2n) is 4.77. The highest BCUT2D eigenvalue weighted by molar-refractivity contribution is 6.31. The summed E-state index contributed by atoms with van der Waals surface area (Å²) in [6, 6.07) is 15.6. The first-order valence-electron chi connectivity index (χ1n) is 6.59. The van der Waals surface area contributed by atoms with Gasteiger partial charge in [-0.15, -0.1) is 0 Å². The number of nitrogens with two attached hydrogens (primary N) is 1. The van der Waals surface area contributed by atoms with Crippen LogP contribution in [0.4, 0.5) is 17.1 Å². The molecule has 3 N–H and O–H groups in total. The van der Waals surface area contributed by atoms with Gasteiger partial charge in [-0.1, -0.05) is 41.9 Å². The van der Waals surface area contributed by atoms with Crippen LogP contribution in [0.2, 0.25) is 5.02 Å². The molecule has 0 fully saturated rings. The average Bonchev–Trinajstić information content (AvgIpc) is 2.90. The highest BCUT2D eigenvalue weighted by atomic mass is 35.5. The van der Waals surface area contributed by atoms with Crippen molar-refractivity contribution in [2.24, 2.45) is 0 Å². The lowest BCUT2D eigenvalue weighted by atomic mass is 10.2. The lowest BCUT2D eigenvalue weighted by Crippen LogP contribution is -1.99. The molecule has 4 nitrogen and oxygen atoms in total. The van der Waals surface area contributed by atoms with Crippen LogP contribution in [0.1, 0.15) is 5.56 Å². The molecule has 0 radical (unpaired) electrons. The Morgan fingerprint density at radius 2 is 1.95 bits per heavy atom. The molecule has 106 valence electrons. The van der Waals surface area contributed by atoms with E-state index in [2.05, 4.69) is 22.5 Å². The number of nitrogen functional groups attached to an aromatic ring is 1. The molecule has 0 saturated carbocycles. The Bertz CT molecular complexity index is 737. The molecule has 5 heteroatoms. The molecular weight excluding hydrogens is 284 g/mol. The number of hydrogen-bond donors (Lipinski definition) is 2. The zero-order chi connectivity index (χ0) is 14.7. The molecule has 21 heavy (non-hydrogen) atoms. The Balaban J connectivity index is 1.73. The molecule has 0 spiro atoms. The molecule has 0 unspecified atom stereocenters. The summed E-state index contributed by atoms with van der Waals surface area (Å²) >= 11 is 5.89. The summed E-state index contributed by atoms with van der Waals surface area (Å²) in [5, 5.41) is 8.20. The maximum atomic E-state index is 5.93. The zero-order valence-electron chi connectivity index (χ0n) is 11.3. The van der Waals surface area contributed by atoms with Crippen molar-refractivity contribution >= 4 is 28.7 Å². The SMILES string of the molecule is Nc1cc(Cl)ccc1Nc1cnn(Cc2ccccc2)c1. The van der Waals surface area contributed by atoms with Crippen molar-refractivity contribution in [1.82, 2.24) is 9.78 Å². The number of rotatable bonds is 4. The van der Waals surface area contributed by atoms with Crippen LogP contribution in [0.15, 0.2) is 60.9 Å². The maximum Gasteiger partial charge on any atom is 0.0771 e. The molecule has 3 rings (SSSR count). The van der Waals surface area contributed by atoms with Crippen molar-refractivity contribution in [2.75, 3.05) is 11.1 Å². The number of nitrogens with one attached hydrogen (secondary N) is 1. The second-order valence-corrected chi connectivity index (χ2v) is 5.21. The van der Waals surface area contributed by atoms with E-state index < -0.39 is 0 Å². The molecule has 0 atom stereocenters. The number of hydrogen-bond acceptors (Lipinski definition) is 3. The number of nitrogens with zero attached hydrogens (tertiary/aromatic N) is 2. The van der Waals surface area contributed by atoms with Crippen LogP contribution in [-0.2, 0) is 6.54 Å². The van der Waals surface area contributed by atoms with E-state index in [0.29, 0.717) is 10.7 Å². The summed E-state index contributed by atoms with van der Waals surface area (Å²) in [7, 11) is 0. The minimum atomic E-state index is 0.610. The van der Waals surface area contributed by atoms with Gasteiger partial charge in [0, 0.05) is 11.2 Å². The van der Waals surface area contributed by atoms with Crippen LogP contribution in [0.3, 0.4) is 0 Å². The summed E-state index contributed by atoms with van der Waals surface area (Å²) in [6.45, 7) is 0.735. The van der Waals surface area contributed by atoms with E-state index in [-0.39, 0.29) is 0 Å². The van der Waals surface area contributed by atoms with Crippen LogP contribution in [-0.4, -0.2) is 9.78 Å². The Labute approximate surface area is 128 Å². The molecule has 1 heterocycles. The Morgan fingerprint density at radius 1 is 1.14 bits per heavy atom. The van der Waals surface area contributed by atoms with Crippen LogP contribution in [0, 0.1) is 0 Å². The van der Waals surface area contributed by atoms with Crippen LogP contribution < -0.4 is 11.1 Å². The van der Waals surface area contributed by atoms with Gasteiger partial charge in [-0.3, -0.25) is 4.68 Å². The van der Waals surface area contributed by atoms with Gasteiger partial charge in [0.05, 0.1) is 29.8 Å². The number of benzene rings is 2. The monoisotopic (exact) mass is 298 g/mol. The van der Waals surface area contributed by atoms with Crippen molar-refractivity contribution in [3.05, 3.63) is 71.5 Å². The summed E-state index contributed by atoms with van der Waals surface area (Å²) in [6.07, 6.45) is 3.72. The van der Waals surface area contributed by atoms with E-state index >= 15 is 0 Å². The Morgan fingerprint density at radius 3 is 2.71 bits per heavy atom. The standard InChI is InChI=1S/C16H15ClN4/c17-13-6-7-16(15(18)8-13)20-14-9-19-21(11-14)10-12-4-2-1-3-5-12/h1-9,11,20H,10,18H2. The smallest absolute Gasteiger partial charge is 0.0771 e. The van der Waals surface area contributed by atoms with E-state index in [0.717, 1.165) is 17.9 Å². The number of anilines is 3. The first-order valence-corrected chi connectivity index (χ1v) is 6.97. The first kappa shape index (κ1) is 13.5. The van der Waals surface area contributed by atoms with E-state index in [1.165, 1.54) is 5.56 Å². The largest absolute Gasteiger partial charge is 0.397 e. The third-order valence-corrected chi connectivity index (χ3v) is 3.35. The third kappa shape index (κ3) is 3.35. The summed E-state index contributed by atoms with van der Waals surface area (Å²) in [4.78, 5) is 0. The van der Waals surface area contributed by atoms with Gasteiger partial charge in [0.1, 0.15) is 0 Å². The average molecular weight is 299 g/mol. The van der Waals surface area contributed by atoms with Crippen molar-refractivity contribution in [3.8, 4) is 0 Å². The van der Waals surface area contributed by atoms with Crippen molar-refractivity contribution in [3.63, 3.8) is 0 Å². The number of halogens is 1. The molecule has 0 aliphatic carbocycles. The first-order chi connectivity index (χ1) is 10.2. The third-order valence-electron chi connectivity index (χ3n) is 3.11. The summed E-state index contributed by atoms with van der Waals surface area (Å²) in [5.41, 5.74) is 9.45. The molecule has 2 aromatic carbocycles. The molecule has 0 bridgehead atoms. The minimum Gasteiger partial charge on any atom is -0.397 e. The highest BCUT2D eigenvalue weighted by Gasteiger charge is 2.03. The van der Waals surface area contributed by atoms with Crippen LogP contribution in [0.5, 0.6) is 0 Å². The Kier molecular flexibility index (Phi) is 3.79. The summed E-state index contributed by atoms with van der Waals surface area (Å²) < 4.78 is 1.88. The molecule has 0 aliphatic heterocycles.